The van der Waals surface area contributed by atoms with E-state index in [0.29, 0.717) is 6.04 Å². The van der Waals surface area contributed by atoms with Crippen LogP contribution in [0.4, 0.5) is 0 Å². The fraction of sp³-hybridized carbons (Fsp3) is 0.684. The van der Waals surface area contributed by atoms with E-state index in [4.69, 9.17) is 5.84 Å². The standard InChI is InChI=1S/C19H28N2/c1-12-3-2-4-13(5-12)11-18(21-20)19-16-7-14-6-15(9-16)10-17(19)8-14/h2-5,14-19,21H,6-11,20H2,1H3. The van der Waals surface area contributed by atoms with Gasteiger partial charge < -0.3 is 0 Å². The first kappa shape index (κ1) is 13.8. The second-order valence-electron chi connectivity index (χ2n) is 7.97. The van der Waals surface area contributed by atoms with Crippen molar-refractivity contribution in [3.05, 3.63) is 35.4 Å². The molecule has 0 amide bonds. The third-order valence-corrected chi connectivity index (χ3v) is 6.52. The summed E-state index contributed by atoms with van der Waals surface area (Å²) in [6.45, 7) is 2.18. The van der Waals surface area contributed by atoms with E-state index in [9.17, 15) is 0 Å². The van der Waals surface area contributed by atoms with Gasteiger partial charge in [0.1, 0.15) is 0 Å². The molecule has 1 unspecified atom stereocenters. The van der Waals surface area contributed by atoms with Crippen LogP contribution in [0.3, 0.4) is 0 Å². The van der Waals surface area contributed by atoms with Gasteiger partial charge >= 0.3 is 0 Å². The van der Waals surface area contributed by atoms with Gasteiger partial charge in [0.15, 0.2) is 0 Å². The molecule has 1 aromatic rings. The maximum atomic E-state index is 5.99. The highest BCUT2D eigenvalue weighted by Gasteiger charge is 2.50. The summed E-state index contributed by atoms with van der Waals surface area (Å²) in [7, 11) is 0. The van der Waals surface area contributed by atoms with Gasteiger partial charge in [-0.1, -0.05) is 29.8 Å². The number of hydrogen-bond acceptors (Lipinski definition) is 2. The SMILES string of the molecule is Cc1cccc(CC(NN)C2C3CC4CC(C3)CC2C4)c1. The highest BCUT2D eigenvalue weighted by Crippen LogP contribution is 2.57. The molecule has 0 spiro atoms. The fourth-order valence-electron chi connectivity index (χ4n) is 6.02. The number of benzene rings is 1. The maximum absolute atomic E-state index is 5.99. The summed E-state index contributed by atoms with van der Waals surface area (Å²) in [5, 5.41) is 0. The Morgan fingerprint density at radius 2 is 1.76 bits per heavy atom. The van der Waals surface area contributed by atoms with E-state index >= 15 is 0 Å². The third-order valence-electron chi connectivity index (χ3n) is 6.52. The number of hydrazine groups is 1. The Balaban J connectivity index is 1.53. The van der Waals surface area contributed by atoms with Crippen molar-refractivity contribution in [2.75, 3.05) is 0 Å². The third kappa shape index (κ3) is 2.53. The molecule has 0 aliphatic heterocycles. The predicted molar refractivity (Wildman–Crippen MR) is 86.5 cm³/mol. The van der Waals surface area contributed by atoms with E-state index in [1.54, 1.807) is 0 Å². The van der Waals surface area contributed by atoms with Gasteiger partial charge in [-0.25, -0.2) is 0 Å². The van der Waals surface area contributed by atoms with Crippen molar-refractivity contribution >= 4 is 0 Å². The number of aryl methyl sites for hydroxylation is 1. The lowest BCUT2D eigenvalue weighted by Gasteiger charge is -2.56. The number of hydrogen-bond donors (Lipinski definition) is 2. The van der Waals surface area contributed by atoms with Crippen molar-refractivity contribution in [3.8, 4) is 0 Å². The van der Waals surface area contributed by atoms with Gasteiger partial charge in [0, 0.05) is 6.04 Å². The first-order valence-electron chi connectivity index (χ1n) is 8.74. The van der Waals surface area contributed by atoms with Crippen molar-refractivity contribution < 1.29 is 0 Å². The second-order valence-corrected chi connectivity index (χ2v) is 7.97. The van der Waals surface area contributed by atoms with Gasteiger partial charge in [0.05, 0.1) is 0 Å². The molecule has 0 saturated heterocycles. The molecule has 0 heterocycles. The van der Waals surface area contributed by atoms with Crippen molar-refractivity contribution in [2.45, 2.75) is 51.5 Å². The average molecular weight is 284 g/mol. The normalized spacial score (nSPS) is 38.7. The Morgan fingerprint density at radius 3 is 2.33 bits per heavy atom. The Morgan fingerprint density at radius 1 is 1.10 bits per heavy atom. The lowest BCUT2D eigenvalue weighted by atomic mass is 9.50. The van der Waals surface area contributed by atoms with Gasteiger partial charge in [0.25, 0.3) is 0 Å². The molecule has 0 aromatic heterocycles. The highest BCUT2D eigenvalue weighted by molar-refractivity contribution is 5.23. The van der Waals surface area contributed by atoms with E-state index < -0.39 is 0 Å². The van der Waals surface area contributed by atoms with Gasteiger partial charge in [-0.2, -0.15) is 0 Å². The van der Waals surface area contributed by atoms with Gasteiger partial charge in [-0.3, -0.25) is 11.3 Å². The molecule has 21 heavy (non-hydrogen) atoms. The molecule has 4 aliphatic carbocycles. The van der Waals surface area contributed by atoms with E-state index in [0.717, 1.165) is 36.0 Å². The summed E-state index contributed by atoms with van der Waals surface area (Å²) in [6, 6.07) is 9.39. The minimum atomic E-state index is 0.460. The molecule has 2 nitrogen and oxygen atoms in total. The molecule has 2 heteroatoms. The van der Waals surface area contributed by atoms with Gasteiger partial charge in [-0.05, 0) is 80.6 Å². The van der Waals surface area contributed by atoms with Crippen molar-refractivity contribution in [2.24, 2.45) is 35.4 Å². The molecule has 1 atom stereocenters. The molecule has 114 valence electrons. The lowest BCUT2D eigenvalue weighted by molar-refractivity contribution is -0.0517. The summed E-state index contributed by atoms with van der Waals surface area (Å²) < 4.78 is 0. The van der Waals surface area contributed by atoms with Crippen LogP contribution in [0, 0.1) is 36.5 Å². The fourth-order valence-corrected chi connectivity index (χ4v) is 6.02. The van der Waals surface area contributed by atoms with Crippen molar-refractivity contribution in [1.82, 2.24) is 5.43 Å². The molecule has 0 radical (unpaired) electrons. The molecular formula is C19H28N2. The molecule has 1 aromatic carbocycles. The zero-order valence-corrected chi connectivity index (χ0v) is 13.1. The number of nitrogens with two attached hydrogens (primary N) is 1. The smallest absolute Gasteiger partial charge is 0.0284 e. The topological polar surface area (TPSA) is 38.0 Å². The minimum absolute atomic E-state index is 0.460. The Hall–Kier alpha value is -0.860. The quantitative estimate of drug-likeness (QED) is 0.656. The first-order chi connectivity index (χ1) is 10.2. The lowest BCUT2D eigenvalue weighted by Crippen LogP contribution is -2.55. The van der Waals surface area contributed by atoms with E-state index in [1.165, 1.54) is 43.2 Å². The number of rotatable bonds is 4. The predicted octanol–water partition coefficient (Wildman–Crippen LogP) is 3.44. The molecule has 4 bridgehead atoms. The van der Waals surface area contributed by atoms with Crippen LogP contribution in [-0.4, -0.2) is 6.04 Å². The van der Waals surface area contributed by atoms with Crippen LogP contribution in [0.1, 0.15) is 43.2 Å². The molecule has 4 aliphatic rings. The summed E-state index contributed by atoms with van der Waals surface area (Å²) in [5.41, 5.74) is 5.99. The summed E-state index contributed by atoms with van der Waals surface area (Å²) in [5.74, 6) is 10.8. The molecule has 5 rings (SSSR count). The van der Waals surface area contributed by atoms with E-state index in [-0.39, 0.29) is 0 Å². The Labute approximate surface area is 128 Å². The van der Waals surface area contributed by atoms with Gasteiger partial charge in [0.2, 0.25) is 0 Å². The maximum Gasteiger partial charge on any atom is 0.0284 e. The monoisotopic (exact) mass is 284 g/mol. The highest BCUT2D eigenvalue weighted by atomic mass is 15.2. The van der Waals surface area contributed by atoms with Crippen LogP contribution in [0.15, 0.2) is 24.3 Å². The van der Waals surface area contributed by atoms with E-state index in [1.807, 2.05) is 0 Å². The zero-order valence-electron chi connectivity index (χ0n) is 13.1. The van der Waals surface area contributed by atoms with Crippen LogP contribution in [0.2, 0.25) is 0 Å². The van der Waals surface area contributed by atoms with Gasteiger partial charge in [-0.15, -0.1) is 0 Å². The van der Waals surface area contributed by atoms with Crippen LogP contribution in [0.5, 0.6) is 0 Å². The summed E-state index contributed by atoms with van der Waals surface area (Å²) in [4.78, 5) is 0. The molecular weight excluding hydrogens is 256 g/mol. The summed E-state index contributed by atoms with van der Waals surface area (Å²) in [6.07, 6.45) is 8.52. The Bertz CT molecular complexity index is 482. The zero-order chi connectivity index (χ0) is 14.4. The summed E-state index contributed by atoms with van der Waals surface area (Å²) >= 11 is 0. The van der Waals surface area contributed by atoms with Crippen molar-refractivity contribution in [3.63, 3.8) is 0 Å². The Kier molecular flexibility index (Phi) is 3.55. The van der Waals surface area contributed by atoms with Crippen LogP contribution >= 0.6 is 0 Å². The minimum Gasteiger partial charge on any atom is -0.271 e. The largest absolute Gasteiger partial charge is 0.271 e. The molecule has 4 fully saturated rings. The average Bonchev–Trinajstić information content (AvgIpc) is 2.45. The van der Waals surface area contributed by atoms with E-state index in [2.05, 4.69) is 36.6 Å². The molecule has 4 saturated carbocycles. The van der Waals surface area contributed by atoms with Crippen molar-refractivity contribution in [1.29, 1.82) is 0 Å². The second kappa shape index (κ2) is 5.40. The molecule has 3 N–H and O–H groups in total. The van der Waals surface area contributed by atoms with Crippen LogP contribution in [-0.2, 0) is 6.42 Å². The van der Waals surface area contributed by atoms with Crippen LogP contribution < -0.4 is 11.3 Å². The van der Waals surface area contributed by atoms with Crippen LogP contribution in [0.25, 0.3) is 0 Å². The number of nitrogens with one attached hydrogen (secondary N) is 1. The first-order valence-corrected chi connectivity index (χ1v) is 8.74.